The minimum absolute atomic E-state index is 0.535. The van der Waals surface area contributed by atoms with Crippen molar-refractivity contribution in [1.29, 1.82) is 0 Å². The fourth-order valence-electron chi connectivity index (χ4n) is 2.12. The Balaban J connectivity index is 2.22. The maximum Gasteiger partial charge on any atom is 0.134 e. The molecule has 0 aliphatic rings. The lowest BCUT2D eigenvalue weighted by Crippen LogP contribution is -2.04. The molecule has 3 heteroatoms. The van der Waals surface area contributed by atoms with Gasteiger partial charge in [-0.3, -0.25) is 0 Å². The summed E-state index contributed by atoms with van der Waals surface area (Å²) in [7, 11) is 0. The van der Waals surface area contributed by atoms with Gasteiger partial charge in [0.25, 0.3) is 0 Å². The van der Waals surface area contributed by atoms with Gasteiger partial charge in [-0.25, -0.2) is 9.97 Å². The molecule has 19 heavy (non-hydrogen) atoms. The number of aromatic nitrogens is 2. The van der Waals surface area contributed by atoms with Crippen LogP contribution in [0.4, 0.5) is 0 Å². The number of hydrogen-bond acceptors (Lipinski definition) is 2. The first-order valence-electron chi connectivity index (χ1n) is 6.61. The summed E-state index contributed by atoms with van der Waals surface area (Å²) in [5.74, 6) is 1.37. The summed E-state index contributed by atoms with van der Waals surface area (Å²) < 4.78 is 0. The van der Waals surface area contributed by atoms with Crippen LogP contribution in [0.1, 0.15) is 36.5 Å². The van der Waals surface area contributed by atoms with E-state index in [4.69, 9.17) is 11.6 Å². The zero-order chi connectivity index (χ0) is 13.8. The molecule has 2 nitrogen and oxygen atoms in total. The Hall–Kier alpha value is -1.41. The molecule has 1 heterocycles. The highest BCUT2D eigenvalue weighted by atomic mass is 35.5. The monoisotopic (exact) mass is 274 g/mol. The van der Waals surface area contributed by atoms with Gasteiger partial charge < -0.3 is 0 Å². The van der Waals surface area contributed by atoms with Gasteiger partial charge in [0.2, 0.25) is 0 Å². The second-order valence-electron chi connectivity index (χ2n) is 5.36. The zero-order valence-electron chi connectivity index (χ0n) is 11.7. The maximum atomic E-state index is 6.08. The molecule has 0 unspecified atom stereocenters. The van der Waals surface area contributed by atoms with Crippen molar-refractivity contribution in [2.45, 2.75) is 33.6 Å². The fourth-order valence-corrected chi connectivity index (χ4v) is 2.35. The summed E-state index contributed by atoms with van der Waals surface area (Å²) in [6.45, 7) is 6.44. The van der Waals surface area contributed by atoms with Gasteiger partial charge in [-0.15, -0.1) is 0 Å². The van der Waals surface area contributed by atoms with E-state index in [1.165, 1.54) is 11.1 Å². The average Bonchev–Trinajstić information content (AvgIpc) is 2.26. The lowest BCUT2D eigenvalue weighted by molar-refractivity contribution is 0.631. The van der Waals surface area contributed by atoms with Gasteiger partial charge in [0.1, 0.15) is 11.0 Å². The van der Waals surface area contributed by atoms with Crippen molar-refractivity contribution in [2.75, 3.05) is 0 Å². The van der Waals surface area contributed by atoms with E-state index in [1.54, 1.807) is 0 Å². The number of hydrogen-bond donors (Lipinski definition) is 0. The first kappa shape index (κ1) is 14.0. The summed E-state index contributed by atoms with van der Waals surface area (Å²) in [5.41, 5.74) is 3.50. The van der Waals surface area contributed by atoms with Crippen LogP contribution in [0.5, 0.6) is 0 Å². The van der Waals surface area contributed by atoms with Crippen LogP contribution >= 0.6 is 11.6 Å². The van der Waals surface area contributed by atoms with Crippen molar-refractivity contribution in [3.8, 4) is 0 Å². The molecule has 0 atom stereocenters. The molecule has 1 aromatic carbocycles. The Morgan fingerprint density at radius 2 is 1.95 bits per heavy atom. The van der Waals surface area contributed by atoms with Crippen LogP contribution in [0.3, 0.4) is 0 Å². The molecule has 0 bridgehead atoms. The van der Waals surface area contributed by atoms with Gasteiger partial charge in [0.05, 0.1) is 0 Å². The molecule has 2 rings (SSSR count). The number of halogens is 1. The van der Waals surface area contributed by atoms with Crippen molar-refractivity contribution >= 4 is 11.6 Å². The normalized spacial score (nSPS) is 11.0. The van der Waals surface area contributed by atoms with E-state index in [-0.39, 0.29) is 0 Å². The van der Waals surface area contributed by atoms with Gasteiger partial charge >= 0.3 is 0 Å². The summed E-state index contributed by atoms with van der Waals surface area (Å²) in [6.07, 6.45) is 1.66. The summed E-state index contributed by atoms with van der Waals surface area (Å²) >= 11 is 6.08. The predicted octanol–water partition coefficient (Wildman–Crippen LogP) is 4.23. The van der Waals surface area contributed by atoms with Gasteiger partial charge in [0.15, 0.2) is 0 Å². The second kappa shape index (κ2) is 6.16. The van der Waals surface area contributed by atoms with Crippen LogP contribution < -0.4 is 0 Å². The molecule has 0 saturated carbocycles. The predicted molar refractivity (Wildman–Crippen MR) is 79.6 cm³/mol. The van der Waals surface area contributed by atoms with Crippen molar-refractivity contribution in [2.24, 2.45) is 5.92 Å². The molecule has 1 aromatic heterocycles. The number of rotatable bonds is 4. The number of nitrogens with zero attached hydrogens (tertiary/aromatic N) is 2. The Kier molecular flexibility index (Phi) is 4.54. The SMILES string of the molecule is Cc1cccc(Cc2nc(Cl)cc(CC(C)C)n2)c1. The van der Waals surface area contributed by atoms with Crippen LogP contribution in [0, 0.1) is 12.8 Å². The first-order chi connectivity index (χ1) is 9.02. The molecular formula is C16H19ClN2. The van der Waals surface area contributed by atoms with Gasteiger partial charge in [-0.05, 0) is 30.9 Å². The molecule has 0 fully saturated rings. The number of aryl methyl sites for hydroxylation is 1. The van der Waals surface area contributed by atoms with Crippen LogP contribution in [-0.2, 0) is 12.8 Å². The van der Waals surface area contributed by atoms with E-state index in [0.717, 1.165) is 24.4 Å². The van der Waals surface area contributed by atoms with Crippen LogP contribution in [-0.4, -0.2) is 9.97 Å². The average molecular weight is 275 g/mol. The molecule has 0 spiro atoms. The third-order valence-electron chi connectivity index (χ3n) is 2.86. The van der Waals surface area contributed by atoms with E-state index in [9.17, 15) is 0 Å². The van der Waals surface area contributed by atoms with Crippen LogP contribution in [0.15, 0.2) is 30.3 Å². The molecule has 0 saturated heterocycles. The molecular weight excluding hydrogens is 256 g/mol. The van der Waals surface area contributed by atoms with Crippen molar-refractivity contribution in [3.63, 3.8) is 0 Å². The molecule has 0 amide bonds. The van der Waals surface area contributed by atoms with E-state index in [0.29, 0.717) is 11.1 Å². The molecule has 0 N–H and O–H groups in total. The maximum absolute atomic E-state index is 6.08. The Bertz CT molecular complexity index is 564. The Labute approximate surface area is 119 Å². The topological polar surface area (TPSA) is 25.8 Å². The van der Waals surface area contributed by atoms with Crippen molar-refractivity contribution in [3.05, 3.63) is 58.1 Å². The van der Waals surface area contributed by atoms with Crippen LogP contribution in [0.25, 0.3) is 0 Å². The van der Waals surface area contributed by atoms with Gasteiger partial charge in [0, 0.05) is 12.1 Å². The molecule has 0 aliphatic carbocycles. The van der Waals surface area contributed by atoms with E-state index < -0.39 is 0 Å². The van der Waals surface area contributed by atoms with Gasteiger partial charge in [-0.1, -0.05) is 55.3 Å². The lowest BCUT2D eigenvalue weighted by atomic mass is 10.1. The third kappa shape index (κ3) is 4.32. The summed E-state index contributed by atoms with van der Waals surface area (Å²) in [4.78, 5) is 8.92. The van der Waals surface area contributed by atoms with Crippen molar-refractivity contribution in [1.82, 2.24) is 9.97 Å². The van der Waals surface area contributed by atoms with E-state index in [1.807, 2.05) is 6.07 Å². The van der Waals surface area contributed by atoms with E-state index in [2.05, 4.69) is 55.0 Å². The standard InChI is InChI=1S/C16H19ClN2/c1-11(2)7-14-10-15(17)19-16(18-14)9-13-6-4-5-12(3)8-13/h4-6,8,10-11H,7,9H2,1-3H3. The highest BCUT2D eigenvalue weighted by Gasteiger charge is 2.06. The Morgan fingerprint density at radius 3 is 2.63 bits per heavy atom. The smallest absolute Gasteiger partial charge is 0.134 e. The van der Waals surface area contributed by atoms with Crippen molar-refractivity contribution < 1.29 is 0 Å². The van der Waals surface area contributed by atoms with Gasteiger partial charge in [-0.2, -0.15) is 0 Å². The highest BCUT2D eigenvalue weighted by Crippen LogP contribution is 2.14. The first-order valence-corrected chi connectivity index (χ1v) is 6.98. The molecule has 0 radical (unpaired) electrons. The minimum Gasteiger partial charge on any atom is -0.237 e. The largest absolute Gasteiger partial charge is 0.237 e. The van der Waals surface area contributed by atoms with Crippen LogP contribution in [0.2, 0.25) is 5.15 Å². The number of benzene rings is 1. The molecule has 100 valence electrons. The fraction of sp³-hybridized carbons (Fsp3) is 0.375. The zero-order valence-corrected chi connectivity index (χ0v) is 12.4. The lowest BCUT2D eigenvalue weighted by Gasteiger charge is -2.07. The second-order valence-corrected chi connectivity index (χ2v) is 5.75. The minimum atomic E-state index is 0.535. The summed E-state index contributed by atoms with van der Waals surface area (Å²) in [5, 5.41) is 0.535. The molecule has 0 aliphatic heterocycles. The Morgan fingerprint density at radius 1 is 1.16 bits per heavy atom. The molecule has 2 aromatic rings. The third-order valence-corrected chi connectivity index (χ3v) is 3.05. The van der Waals surface area contributed by atoms with E-state index >= 15 is 0 Å². The highest BCUT2D eigenvalue weighted by molar-refractivity contribution is 6.29. The summed E-state index contributed by atoms with van der Waals surface area (Å²) in [6, 6.07) is 10.3. The quantitative estimate of drug-likeness (QED) is 0.780.